The average Bonchev–Trinajstić information content (AvgIpc) is 3.15. The Morgan fingerprint density at radius 3 is 2.59 bits per heavy atom. The van der Waals surface area contributed by atoms with Crippen molar-refractivity contribution < 1.29 is 9.59 Å². The topological polar surface area (TPSA) is 59.5 Å². The van der Waals surface area contributed by atoms with Gasteiger partial charge in [-0.25, -0.2) is 9.79 Å². The number of anilines is 1. The Labute approximate surface area is 158 Å². The number of benzene rings is 1. The van der Waals surface area contributed by atoms with Gasteiger partial charge in [0, 0.05) is 18.9 Å². The molecule has 3 amide bonds. The second-order valence-corrected chi connectivity index (χ2v) is 7.17. The van der Waals surface area contributed by atoms with Crippen molar-refractivity contribution in [1.82, 2.24) is 14.7 Å². The number of allylic oxidation sites excluding steroid dienone is 1. The van der Waals surface area contributed by atoms with Crippen LogP contribution in [0, 0.1) is 6.92 Å². The predicted molar refractivity (Wildman–Crippen MR) is 104 cm³/mol. The number of nitrogens with zero attached hydrogens (tertiary/aromatic N) is 5. The third kappa shape index (κ3) is 2.31. The molecule has 7 nitrogen and oxygen atoms in total. The van der Waals surface area contributed by atoms with Crippen molar-refractivity contribution in [1.29, 1.82) is 0 Å². The highest BCUT2D eigenvalue weighted by molar-refractivity contribution is 6.10. The van der Waals surface area contributed by atoms with Gasteiger partial charge in [0.1, 0.15) is 0 Å². The number of aryl methyl sites for hydroxylation is 1. The van der Waals surface area contributed by atoms with Crippen LogP contribution in [-0.2, 0) is 4.79 Å². The van der Waals surface area contributed by atoms with E-state index >= 15 is 0 Å². The molecule has 0 radical (unpaired) electrons. The van der Waals surface area contributed by atoms with Crippen LogP contribution in [0.25, 0.3) is 0 Å². The van der Waals surface area contributed by atoms with Gasteiger partial charge in [-0.05, 0) is 32.4 Å². The van der Waals surface area contributed by atoms with E-state index in [0.717, 1.165) is 16.9 Å². The number of rotatable bonds is 3. The number of para-hydroxylation sites is 1. The number of likely N-dealkylation sites (N-methyl/N-ethyl adjacent to an activating group) is 1. The average molecular weight is 365 g/mol. The van der Waals surface area contributed by atoms with E-state index in [1.165, 1.54) is 9.80 Å². The molecule has 3 unspecified atom stereocenters. The zero-order valence-corrected chi connectivity index (χ0v) is 16.0. The summed E-state index contributed by atoms with van der Waals surface area (Å²) in [4.78, 5) is 37.4. The highest BCUT2D eigenvalue weighted by Crippen LogP contribution is 2.37. The van der Waals surface area contributed by atoms with E-state index < -0.39 is 12.2 Å². The molecular formula is C20H23N5O2. The first-order chi connectivity index (χ1) is 12.9. The number of hydrogen-bond acceptors (Lipinski definition) is 5. The third-order valence-corrected chi connectivity index (χ3v) is 5.44. The Kier molecular flexibility index (Phi) is 3.83. The van der Waals surface area contributed by atoms with E-state index in [4.69, 9.17) is 4.99 Å². The van der Waals surface area contributed by atoms with E-state index in [2.05, 4.69) is 6.58 Å². The molecule has 0 saturated carbocycles. The van der Waals surface area contributed by atoms with Gasteiger partial charge in [-0.15, -0.1) is 6.58 Å². The van der Waals surface area contributed by atoms with E-state index in [1.807, 2.05) is 54.1 Å². The number of hydrogen-bond donors (Lipinski definition) is 0. The van der Waals surface area contributed by atoms with Crippen LogP contribution in [0.4, 0.5) is 10.5 Å². The number of carbonyl (C=O) groups excluding carboxylic acids is 2. The monoisotopic (exact) mass is 365 g/mol. The third-order valence-electron chi connectivity index (χ3n) is 5.44. The molecular weight excluding hydrogens is 342 g/mol. The molecule has 0 N–H and O–H groups in total. The van der Waals surface area contributed by atoms with Gasteiger partial charge in [0.15, 0.2) is 12.2 Å². The number of amides is 3. The maximum absolute atomic E-state index is 13.2. The first-order valence-corrected chi connectivity index (χ1v) is 8.99. The Morgan fingerprint density at radius 2 is 1.93 bits per heavy atom. The Morgan fingerprint density at radius 1 is 1.22 bits per heavy atom. The minimum Gasteiger partial charge on any atom is -0.302 e. The van der Waals surface area contributed by atoms with Gasteiger partial charge < -0.3 is 9.80 Å². The van der Waals surface area contributed by atoms with Crippen LogP contribution in [-0.4, -0.2) is 57.9 Å². The van der Waals surface area contributed by atoms with Crippen LogP contribution >= 0.6 is 0 Å². The summed E-state index contributed by atoms with van der Waals surface area (Å²) >= 11 is 0. The molecule has 4 rings (SSSR count). The van der Waals surface area contributed by atoms with E-state index in [0.29, 0.717) is 5.96 Å². The van der Waals surface area contributed by atoms with Crippen molar-refractivity contribution in [2.75, 3.05) is 11.9 Å². The van der Waals surface area contributed by atoms with Crippen LogP contribution in [0.15, 0.2) is 53.8 Å². The molecule has 0 aliphatic carbocycles. The van der Waals surface area contributed by atoms with E-state index in [9.17, 15) is 9.59 Å². The SMILES string of the molecule is C=CC(C)N1C(=O)C2C(N=C3N(c4ccccc4C)C(C)=CN32)N(C)C1=O. The fourth-order valence-electron chi connectivity index (χ4n) is 3.91. The molecule has 0 aromatic heterocycles. The number of urea groups is 1. The first-order valence-electron chi connectivity index (χ1n) is 8.99. The van der Waals surface area contributed by atoms with Crippen molar-refractivity contribution in [2.24, 2.45) is 4.99 Å². The van der Waals surface area contributed by atoms with Gasteiger partial charge in [-0.3, -0.25) is 14.6 Å². The molecule has 140 valence electrons. The lowest BCUT2D eigenvalue weighted by Crippen LogP contribution is -2.65. The predicted octanol–water partition coefficient (Wildman–Crippen LogP) is 2.51. The van der Waals surface area contributed by atoms with E-state index in [1.54, 1.807) is 20.0 Å². The van der Waals surface area contributed by atoms with Gasteiger partial charge in [0.05, 0.1) is 11.7 Å². The standard InChI is InChI=1S/C20H23N5O2/c1-6-13(3)25-18(26)16-17(22(5)20(25)27)21-19-23(16)11-14(4)24(19)15-10-8-7-9-12(15)2/h6-11,13,16-17H,1H2,2-5H3. The minimum atomic E-state index is -0.561. The molecule has 0 spiro atoms. The zero-order valence-electron chi connectivity index (χ0n) is 16.0. The molecule has 1 aromatic rings. The molecule has 0 bridgehead atoms. The lowest BCUT2D eigenvalue weighted by atomic mass is 10.1. The first kappa shape index (κ1) is 17.3. The smallest absolute Gasteiger partial charge is 0.302 e. The lowest BCUT2D eigenvalue weighted by Gasteiger charge is -2.41. The van der Waals surface area contributed by atoms with Crippen molar-refractivity contribution in [3.05, 3.63) is 54.4 Å². The summed E-state index contributed by atoms with van der Waals surface area (Å²) in [5, 5.41) is 0. The summed E-state index contributed by atoms with van der Waals surface area (Å²) < 4.78 is 0. The molecule has 3 atom stereocenters. The van der Waals surface area contributed by atoms with Crippen molar-refractivity contribution in [3.8, 4) is 0 Å². The number of aliphatic imine (C=N–C) groups is 1. The molecule has 1 fully saturated rings. The second kappa shape index (κ2) is 5.97. The number of fused-ring (bicyclic) bond motifs is 3. The van der Waals surface area contributed by atoms with Gasteiger partial charge >= 0.3 is 6.03 Å². The van der Waals surface area contributed by atoms with Gasteiger partial charge in [-0.1, -0.05) is 24.3 Å². The van der Waals surface area contributed by atoms with Crippen LogP contribution < -0.4 is 4.90 Å². The number of guanidine groups is 1. The van der Waals surface area contributed by atoms with Crippen molar-refractivity contribution >= 4 is 23.6 Å². The van der Waals surface area contributed by atoms with Crippen LogP contribution in [0.3, 0.4) is 0 Å². The van der Waals surface area contributed by atoms with Gasteiger partial charge in [-0.2, -0.15) is 0 Å². The fraction of sp³-hybridized carbons (Fsp3) is 0.350. The lowest BCUT2D eigenvalue weighted by molar-refractivity contribution is -0.137. The number of imide groups is 1. The van der Waals surface area contributed by atoms with Crippen LogP contribution in [0.5, 0.6) is 0 Å². The maximum atomic E-state index is 13.2. The minimum absolute atomic E-state index is 0.245. The quantitative estimate of drug-likeness (QED) is 0.773. The summed E-state index contributed by atoms with van der Waals surface area (Å²) in [6.45, 7) is 9.56. The van der Waals surface area contributed by atoms with Crippen molar-refractivity contribution in [2.45, 2.75) is 39.0 Å². The highest BCUT2D eigenvalue weighted by Gasteiger charge is 2.55. The normalized spacial score (nSPS) is 25.3. The summed E-state index contributed by atoms with van der Waals surface area (Å²) in [5.41, 5.74) is 3.11. The molecule has 3 aliphatic heterocycles. The maximum Gasteiger partial charge on any atom is 0.328 e. The second-order valence-electron chi connectivity index (χ2n) is 7.17. The molecule has 3 aliphatic rings. The molecule has 7 heteroatoms. The Balaban J connectivity index is 1.76. The molecule has 1 aromatic carbocycles. The molecule has 1 saturated heterocycles. The van der Waals surface area contributed by atoms with Gasteiger partial charge in [0.25, 0.3) is 5.91 Å². The summed E-state index contributed by atoms with van der Waals surface area (Å²) in [6, 6.07) is 6.77. The Hall–Kier alpha value is -3.09. The zero-order chi connectivity index (χ0) is 19.5. The molecule has 27 heavy (non-hydrogen) atoms. The van der Waals surface area contributed by atoms with Crippen molar-refractivity contribution in [3.63, 3.8) is 0 Å². The van der Waals surface area contributed by atoms with Crippen LogP contribution in [0.2, 0.25) is 0 Å². The number of carbonyl (C=O) groups is 2. The highest BCUT2D eigenvalue weighted by atomic mass is 16.2. The summed E-state index contributed by atoms with van der Waals surface area (Å²) in [6.07, 6.45) is 3.00. The van der Waals surface area contributed by atoms with E-state index in [-0.39, 0.29) is 18.0 Å². The Bertz CT molecular complexity index is 905. The fourth-order valence-corrected chi connectivity index (χ4v) is 3.91. The molecule has 3 heterocycles. The summed E-state index contributed by atoms with van der Waals surface area (Å²) in [5.74, 6) is 0.433. The van der Waals surface area contributed by atoms with Crippen LogP contribution in [0.1, 0.15) is 19.4 Å². The summed E-state index contributed by atoms with van der Waals surface area (Å²) in [7, 11) is 1.69. The largest absolute Gasteiger partial charge is 0.328 e. The van der Waals surface area contributed by atoms with Gasteiger partial charge in [0.2, 0.25) is 5.96 Å².